The zero-order valence-electron chi connectivity index (χ0n) is 34.4. The number of nitrogen functional groups attached to an aromatic ring is 2. The molecule has 0 spiro atoms. The van der Waals surface area contributed by atoms with Crippen molar-refractivity contribution in [3.63, 3.8) is 0 Å². The van der Waals surface area contributed by atoms with Gasteiger partial charge in [0.2, 0.25) is 0 Å². The van der Waals surface area contributed by atoms with Gasteiger partial charge in [0, 0.05) is 94.0 Å². The molecule has 61 heavy (non-hydrogen) atoms. The van der Waals surface area contributed by atoms with Crippen molar-refractivity contribution in [1.82, 2.24) is 25.3 Å². The van der Waals surface area contributed by atoms with Crippen molar-refractivity contribution >= 4 is 85.4 Å². The van der Waals surface area contributed by atoms with Gasteiger partial charge in [-0.3, -0.25) is 9.59 Å². The molecule has 0 bridgehead atoms. The molecular weight excluding hydrogens is 835 g/mol. The fraction of sp³-hybridized carbons (Fsp3) is 0.348. The molecule has 2 aliphatic rings. The normalized spacial score (nSPS) is 14.4. The Bertz CT molecular complexity index is 2440. The van der Waals surface area contributed by atoms with Crippen LogP contribution in [0.25, 0.3) is 21.5 Å². The van der Waals surface area contributed by atoms with E-state index in [1.165, 1.54) is 19.0 Å². The Morgan fingerprint density at radius 1 is 0.689 bits per heavy atom. The first kappa shape index (κ1) is 45.6. The van der Waals surface area contributed by atoms with E-state index in [0.717, 1.165) is 71.9 Å². The quantitative estimate of drug-likeness (QED) is 0.0835. The molecule has 2 aliphatic heterocycles. The van der Waals surface area contributed by atoms with Gasteiger partial charge in [-0.15, -0.1) is 0 Å². The first-order valence-corrected chi connectivity index (χ1v) is 21.5. The lowest BCUT2D eigenvalue weighted by Crippen LogP contribution is -2.38. The Kier molecular flexibility index (Phi) is 16.6. The maximum absolute atomic E-state index is 13.1. The number of carbonyl (C=O) groups is 2. The summed E-state index contributed by atoms with van der Waals surface area (Å²) in [4.78, 5) is 44.1. The number of benzene rings is 2. The highest BCUT2D eigenvalue weighted by Crippen LogP contribution is 2.28. The number of rotatable bonds is 11. The van der Waals surface area contributed by atoms with E-state index < -0.39 is 0 Å². The van der Waals surface area contributed by atoms with E-state index in [1.807, 2.05) is 56.6 Å². The third-order valence-corrected chi connectivity index (χ3v) is 11.7. The molecule has 5 N–H and O–H groups in total. The van der Waals surface area contributed by atoms with Gasteiger partial charge >= 0.3 is 0 Å². The van der Waals surface area contributed by atoms with Gasteiger partial charge in [-0.05, 0) is 91.7 Å². The first-order chi connectivity index (χ1) is 29.5. The van der Waals surface area contributed by atoms with Gasteiger partial charge in [-0.25, -0.2) is 19.9 Å². The number of anilines is 3. The summed E-state index contributed by atoms with van der Waals surface area (Å²) >= 11 is 18.0. The number of ketones is 2. The summed E-state index contributed by atoms with van der Waals surface area (Å²) in [7, 11) is 4.00. The van der Waals surface area contributed by atoms with Crippen LogP contribution in [0.4, 0.5) is 17.5 Å². The largest absolute Gasteiger partial charge is 0.383 e. The molecule has 2 fully saturated rings. The van der Waals surface area contributed by atoms with E-state index in [-0.39, 0.29) is 16.7 Å². The zero-order valence-corrected chi connectivity index (χ0v) is 36.6. The van der Waals surface area contributed by atoms with Crippen molar-refractivity contribution < 1.29 is 19.1 Å². The van der Waals surface area contributed by atoms with Crippen LogP contribution < -0.4 is 21.7 Å². The van der Waals surface area contributed by atoms with Gasteiger partial charge in [0.05, 0.1) is 21.2 Å². The second kappa shape index (κ2) is 22.2. The molecule has 0 radical (unpaired) electrons. The fourth-order valence-electron chi connectivity index (χ4n) is 7.37. The number of fused-ring (bicyclic) bond motifs is 2. The number of nitrogens with two attached hydrogens (primary N) is 2. The number of halogens is 3. The van der Waals surface area contributed by atoms with Crippen LogP contribution in [0.5, 0.6) is 0 Å². The summed E-state index contributed by atoms with van der Waals surface area (Å²) in [6.07, 6.45) is 12.5. The number of pyridine rings is 4. The molecule has 0 amide bonds. The molecule has 320 valence electrons. The number of hydrogen-bond donors (Lipinski definition) is 3. The van der Waals surface area contributed by atoms with Crippen LogP contribution in [-0.4, -0.2) is 84.1 Å². The van der Waals surface area contributed by atoms with E-state index in [0.29, 0.717) is 76.4 Å². The highest BCUT2D eigenvalue weighted by molar-refractivity contribution is 6.34. The highest BCUT2D eigenvalue weighted by Gasteiger charge is 2.24. The van der Waals surface area contributed by atoms with Crippen LogP contribution in [0.3, 0.4) is 0 Å². The molecular formula is C46H51Cl3N8O4. The Hall–Kier alpha value is -4.95. The molecule has 15 heteroatoms. The van der Waals surface area contributed by atoms with Crippen LogP contribution >= 0.6 is 34.8 Å². The van der Waals surface area contributed by atoms with Gasteiger partial charge in [-0.1, -0.05) is 71.2 Å². The number of hydrogen-bond acceptors (Lipinski definition) is 12. The Morgan fingerprint density at radius 3 is 1.70 bits per heavy atom. The monoisotopic (exact) mass is 884 g/mol. The first-order valence-electron chi connectivity index (χ1n) is 20.4. The van der Waals surface area contributed by atoms with Crippen LogP contribution in [0.15, 0.2) is 85.5 Å². The van der Waals surface area contributed by atoms with E-state index >= 15 is 0 Å². The van der Waals surface area contributed by atoms with Gasteiger partial charge in [-0.2, -0.15) is 0 Å². The summed E-state index contributed by atoms with van der Waals surface area (Å²) in [6.45, 7) is 3.33. The van der Waals surface area contributed by atoms with Crippen molar-refractivity contribution in [1.29, 1.82) is 0 Å². The minimum atomic E-state index is -0.0839. The molecule has 0 saturated carbocycles. The number of Topliss-reactive ketones (excluding diaryl/α,β-unsaturated/α-hetero) is 2. The molecule has 4 aromatic heterocycles. The number of ether oxygens (including phenoxy) is 2. The molecule has 12 nitrogen and oxygen atoms in total. The summed E-state index contributed by atoms with van der Waals surface area (Å²) in [6, 6.07) is 20.0. The molecule has 2 aromatic carbocycles. The van der Waals surface area contributed by atoms with E-state index in [9.17, 15) is 9.59 Å². The molecule has 0 atom stereocenters. The van der Waals surface area contributed by atoms with Crippen LogP contribution in [0, 0.1) is 0 Å². The van der Waals surface area contributed by atoms with E-state index in [1.54, 1.807) is 30.7 Å². The average molecular weight is 886 g/mol. The second-order valence-corrected chi connectivity index (χ2v) is 16.2. The Balaban J connectivity index is 0.000000177. The third-order valence-electron chi connectivity index (χ3n) is 10.9. The summed E-state index contributed by atoms with van der Waals surface area (Å²) in [5.74, 6) is 1.66. The van der Waals surface area contributed by atoms with E-state index in [4.69, 9.17) is 55.7 Å². The molecule has 2 saturated heterocycles. The maximum atomic E-state index is 13.1. The summed E-state index contributed by atoms with van der Waals surface area (Å²) in [5.41, 5.74) is 14.8. The van der Waals surface area contributed by atoms with Crippen molar-refractivity contribution in [2.24, 2.45) is 0 Å². The summed E-state index contributed by atoms with van der Waals surface area (Å²) < 4.78 is 10.6. The number of carbonyl (C=O) groups excluding carboxylic acids is 2. The molecule has 6 heterocycles. The Labute approximate surface area is 371 Å². The zero-order chi connectivity index (χ0) is 43.3. The standard InChI is InChI=1S/C23H25ClN4O2.C17H13Cl2N3O.C6H13NO/c1-28(18-7-10-30-11-8-18)23-20(13-17(24)14-27-23)21(29)5-3-15-2-4-19-16(12-15)6-9-26-22(19)25;18-12-8-14(16(19)22-9-12)15(23)4-2-10-1-3-13-11(7-10)5-6-21-17(13)20;1-7-6-2-4-8-5-3-6/h2,4,6,9,12-14,18H,3,5,7-8,10-11H2,1H3,(H2,25,26);1,3,5-9H,2,4H2,(H2,20,21);6-7H,2-5H2,1H3. The second-order valence-electron chi connectivity index (χ2n) is 15.0. The number of aromatic nitrogens is 4. The fourth-order valence-corrected chi connectivity index (χ4v) is 7.89. The van der Waals surface area contributed by atoms with Crippen LogP contribution in [-0.2, 0) is 22.3 Å². The van der Waals surface area contributed by atoms with Crippen molar-refractivity contribution in [3.8, 4) is 0 Å². The molecule has 0 aliphatic carbocycles. The van der Waals surface area contributed by atoms with Crippen molar-refractivity contribution in [3.05, 3.63) is 123 Å². The molecule has 6 aromatic rings. The minimum absolute atomic E-state index is 0.0354. The lowest BCUT2D eigenvalue weighted by molar-refractivity contribution is 0.0799. The molecule has 8 rings (SSSR count). The summed E-state index contributed by atoms with van der Waals surface area (Å²) in [5, 5.41) is 8.12. The smallest absolute Gasteiger partial charge is 0.166 e. The Morgan fingerprint density at radius 2 is 1.18 bits per heavy atom. The maximum Gasteiger partial charge on any atom is 0.166 e. The van der Waals surface area contributed by atoms with Crippen LogP contribution in [0.2, 0.25) is 15.2 Å². The van der Waals surface area contributed by atoms with Crippen molar-refractivity contribution in [2.45, 2.75) is 63.5 Å². The average Bonchev–Trinajstić information content (AvgIpc) is 3.29. The highest BCUT2D eigenvalue weighted by atomic mass is 35.5. The van der Waals surface area contributed by atoms with Crippen LogP contribution in [0.1, 0.15) is 70.4 Å². The van der Waals surface area contributed by atoms with Crippen molar-refractivity contribution in [2.75, 3.05) is 56.9 Å². The van der Waals surface area contributed by atoms with E-state index in [2.05, 4.69) is 36.2 Å². The topological polar surface area (TPSA) is 171 Å². The van der Waals surface area contributed by atoms with Gasteiger partial charge in [0.25, 0.3) is 0 Å². The van der Waals surface area contributed by atoms with Gasteiger partial charge < -0.3 is 31.2 Å². The van der Waals surface area contributed by atoms with Gasteiger partial charge in [0.1, 0.15) is 22.6 Å². The number of nitrogens with one attached hydrogen (secondary N) is 1. The predicted molar refractivity (Wildman–Crippen MR) is 246 cm³/mol. The van der Waals surface area contributed by atoms with Gasteiger partial charge in [0.15, 0.2) is 11.6 Å². The number of nitrogens with zero attached hydrogens (tertiary/aromatic N) is 5. The SMILES string of the molecule is CN(c1ncc(Cl)cc1C(=O)CCc1ccc2c(N)nccc2c1)C1CCOCC1.CNC1CCOCC1.Nc1nccc2cc(CCC(=O)c3cc(Cl)cnc3Cl)ccc12. The third kappa shape index (κ3) is 12.6. The minimum Gasteiger partial charge on any atom is -0.383 e. The lowest BCUT2D eigenvalue weighted by Gasteiger charge is -2.33. The number of aryl methyl sites for hydroxylation is 2. The molecule has 0 unspecified atom stereocenters. The predicted octanol–water partition coefficient (Wildman–Crippen LogP) is 9.02. The lowest BCUT2D eigenvalue weighted by atomic mass is 10.00.